The number of fused-ring (bicyclic) bond motifs is 3. The fourth-order valence-electron chi connectivity index (χ4n) is 8.40. The molecule has 3 aromatic rings. The molecule has 8 rings (SSSR count). The Balaban J connectivity index is 1.12. The predicted molar refractivity (Wildman–Crippen MR) is 177 cm³/mol. The van der Waals surface area contributed by atoms with Crippen LogP contribution in [0.25, 0.3) is 11.3 Å². The van der Waals surface area contributed by atoms with Crippen molar-refractivity contribution in [3.63, 3.8) is 0 Å². The maximum atomic E-state index is 14.5. The lowest BCUT2D eigenvalue weighted by Crippen LogP contribution is -2.51. The van der Waals surface area contributed by atoms with Crippen LogP contribution in [0.2, 0.25) is 0 Å². The molecule has 46 heavy (non-hydrogen) atoms. The third-order valence-corrected chi connectivity index (χ3v) is 11.6. The van der Waals surface area contributed by atoms with E-state index in [1.165, 1.54) is 11.1 Å². The second-order valence-electron chi connectivity index (χ2n) is 14.4. The Kier molecular flexibility index (Phi) is 8.32. The molecule has 0 spiro atoms. The van der Waals surface area contributed by atoms with Gasteiger partial charge in [0.2, 0.25) is 5.91 Å². The van der Waals surface area contributed by atoms with E-state index < -0.39 is 6.09 Å². The van der Waals surface area contributed by atoms with Crippen LogP contribution >= 0.6 is 0 Å². The van der Waals surface area contributed by atoms with Gasteiger partial charge in [0.05, 0.1) is 7.11 Å². The average molecular weight is 626 g/mol. The highest BCUT2D eigenvalue weighted by atomic mass is 16.6. The molecule has 0 aliphatic heterocycles. The number of aryl methyl sites for hydroxylation is 1. The Morgan fingerprint density at radius 2 is 1.72 bits per heavy atom. The van der Waals surface area contributed by atoms with Crippen LogP contribution in [0, 0.1) is 18.3 Å². The Morgan fingerprint density at radius 3 is 2.37 bits per heavy atom. The van der Waals surface area contributed by atoms with Gasteiger partial charge in [-0.1, -0.05) is 24.3 Å². The first kappa shape index (κ1) is 30.8. The summed E-state index contributed by atoms with van der Waals surface area (Å²) in [5.74, 6) is 2.32. The number of rotatable bonds is 9. The Bertz CT molecular complexity index is 1560. The lowest BCUT2D eigenvalue weighted by atomic mass is 9.51. The number of carbonyl (C=O) groups is 2. The summed E-state index contributed by atoms with van der Waals surface area (Å²) in [7, 11) is 3.31. The zero-order valence-electron chi connectivity index (χ0n) is 27.5. The van der Waals surface area contributed by atoms with E-state index >= 15 is 0 Å². The van der Waals surface area contributed by atoms with Crippen LogP contribution in [0.15, 0.2) is 53.1 Å². The van der Waals surface area contributed by atoms with Crippen LogP contribution < -0.4 is 15.0 Å². The number of nitrogens with zero attached hydrogens (tertiary/aromatic N) is 2. The summed E-state index contributed by atoms with van der Waals surface area (Å²) in [6, 6.07) is 15.0. The van der Waals surface area contributed by atoms with Gasteiger partial charge in [0.1, 0.15) is 23.8 Å². The second-order valence-corrected chi connectivity index (χ2v) is 14.4. The number of aromatic nitrogens is 1. The van der Waals surface area contributed by atoms with E-state index in [4.69, 9.17) is 18.9 Å². The molecule has 2 amide bonds. The van der Waals surface area contributed by atoms with Crippen molar-refractivity contribution in [1.29, 1.82) is 0 Å². The molecule has 5 aliphatic carbocycles. The molecular formula is C38H47N3O5. The quantitative estimate of drug-likeness (QED) is 0.258. The molecule has 244 valence electrons. The predicted octanol–water partition coefficient (Wildman–Crippen LogP) is 8.08. The summed E-state index contributed by atoms with van der Waals surface area (Å²) >= 11 is 0. The highest BCUT2D eigenvalue weighted by Crippen LogP contribution is 2.58. The van der Waals surface area contributed by atoms with Crippen molar-refractivity contribution in [2.24, 2.45) is 11.3 Å². The lowest BCUT2D eigenvalue weighted by Gasteiger charge is -2.55. The summed E-state index contributed by atoms with van der Waals surface area (Å²) in [5.41, 5.74) is 5.69. The zero-order chi connectivity index (χ0) is 31.9. The Labute approximate surface area is 272 Å². The van der Waals surface area contributed by atoms with E-state index in [1.807, 2.05) is 6.07 Å². The van der Waals surface area contributed by atoms with Crippen LogP contribution in [-0.4, -0.2) is 43.8 Å². The molecule has 5 saturated carbocycles. The molecule has 2 aromatic carbocycles. The number of anilines is 1. The summed E-state index contributed by atoms with van der Waals surface area (Å²) in [6.45, 7) is 2.87. The largest absolute Gasteiger partial charge is 0.496 e. The molecule has 8 heteroatoms. The van der Waals surface area contributed by atoms with Crippen LogP contribution in [-0.2, 0) is 14.9 Å². The zero-order valence-corrected chi connectivity index (χ0v) is 27.5. The van der Waals surface area contributed by atoms with Crippen molar-refractivity contribution < 1.29 is 23.5 Å². The van der Waals surface area contributed by atoms with E-state index in [0.717, 1.165) is 99.3 Å². The standard InChI is InChI=1S/C38H47N3O5/c1-25-21-29(11-14-33(25)44-3)38-18-15-37(16-19-38,17-20-38)24-41(35(42)27-9-12-31(13-10-27)46-36(43)39-2)30-6-4-5-28(22-30)32-23-45-34(40-32)26-7-8-26/h4-6,11,14,21-23,26-27,31H,7-10,12-13,15-20,24H2,1-3H3,(H,39,43)/t27-,31-,37?,38?. The van der Waals surface area contributed by atoms with E-state index in [-0.39, 0.29) is 28.8 Å². The lowest BCUT2D eigenvalue weighted by molar-refractivity contribution is -0.124. The molecular weight excluding hydrogens is 578 g/mol. The second kappa shape index (κ2) is 12.4. The molecule has 1 aromatic heterocycles. The smallest absolute Gasteiger partial charge is 0.407 e. The van der Waals surface area contributed by atoms with Crippen molar-refractivity contribution >= 4 is 17.7 Å². The van der Waals surface area contributed by atoms with Crippen molar-refractivity contribution in [3.05, 3.63) is 65.7 Å². The third-order valence-electron chi connectivity index (χ3n) is 11.6. The maximum absolute atomic E-state index is 14.5. The normalized spacial score (nSPS) is 27.2. The number of benzene rings is 2. The number of alkyl carbamates (subject to hydrolysis) is 1. The Hall–Kier alpha value is -3.81. The van der Waals surface area contributed by atoms with E-state index in [0.29, 0.717) is 18.8 Å². The highest BCUT2D eigenvalue weighted by molar-refractivity contribution is 5.95. The molecule has 0 unspecified atom stereocenters. The van der Waals surface area contributed by atoms with E-state index in [2.05, 4.69) is 53.5 Å². The summed E-state index contributed by atoms with van der Waals surface area (Å²) in [4.78, 5) is 33.2. The van der Waals surface area contributed by atoms with Gasteiger partial charge >= 0.3 is 6.09 Å². The van der Waals surface area contributed by atoms with Gasteiger partial charge in [-0.3, -0.25) is 4.79 Å². The first-order chi connectivity index (χ1) is 22.3. The molecule has 1 heterocycles. The Morgan fingerprint density at radius 1 is 0.978 bits per heavy atom. The maximum Gasteiger partial charge on any atom is 0.407 e. The SMILES string of the molecule is CNC(=O)O[C@H]1CC[C@H](C(=O)N(CC23CCC(c4ccc(OC)c(C)c4)(CC2)CC3)c2cccc(-c3coc(C4CC4)n3)c2)CC1. The number of amides is 2. The number of nitrogens with one attached hydrogen (secondary N) is 1. The molecule has 5 fully saturated rings. The highest BCUT2D eigenvalue weighted by Gasteiger charge is 2.50. The summed E-state index contributed by atoms with van der Waals surface area (Å²) in [5, 5.41) is 2.54. The minimum absolute atomic E-state index is 0.0911. The van der Waals surface area contributed by atoms with Crippen LogP contribution in [0.5, 0.6) is 5.75 Å². The average Bonchev–Trinajstić information content (AvgIpc) is 3.83. The van der Waals surface area contributed by atoms with Gasteiger partial charge in [-0.2, -0.15) is 0 Å². The van der Waals surface area contributed by atoms with Crippen molar-refractivity contribution in [2.45, 2.75) is 101 Å². The molecule has 8 nitrogen and oxygen atoms in total. The topological polar surface area (TPSA) is 93.9 Å². The van der Waals surface area contributed by atoms with Gasteiger partial charge < -0.3 is 24.1 Å². The van der Waals surface area contributed by atoms with E-state index in [1.54, 1.807) is 20.4 Å². The molecule has 0 saturated heterocycles. The van der Waals surface area contributed by atoms with Crippen molar-refractivity contribution in [1.82, 2.24) is 10.3 Å². The number of methoxy groups -OCH3 is 1. The fraction of sp³-hybridized carbons (Fsp3) is 0.553. The van der Waals surface area contributed by atoms with Gasteiger partial charge in [-0.25, -0.2) is 9.78 Å². The molecule has 0 radical (unpaired) electrons. The van der Waals surface area contributed by atoms with Gasteiger partial charge in [-0.05, 0) is 124 Å². The van der Waals surface area contributed by atoms with Crippen molar-refractivity contribution in [2.75, 3.05) is 25.6 Å². The molecule has 5 aliphatic rings. The molecule has 0 atom stereocenters. The van der Waals surface area contributed by atoms with Crippen LogP contribution in [0.1, 0.15) is 100.0 Å². The molecule has 1 N–H and O–H groups in total. The van der Waals surface area contributed by atoms with Crippen molar-refractivity contribution in [3.8, 4) is 17.0 Å². The number of ether oxygens (including phenoxy) is 2. The summed E-state index contributed by atoms with van der Waals surface area (Å²) in [6.07, 6.45) is 13.1. The third kappa shape index (κ3) is 6.03. The monoisotopic (exact) mass is 625 g/mol. The number of hydrogen-bond acceptors (Lipinski definition) is 6. The fourth-order valence-corrected chi connectivity index (χ4v) is 8.40. The molecule has 2 bridgehead atoms. The van der Waals surface area contributed by atoms with Crippen LogP contribution in [0.4, 0.5) is 10.5 Å². The summed E-state index contributed by atoms with van der Waals surface area (Å²) < 4.78 is 16.9. The minimum atomic E-state index is -0.402. The van der Waals surface area contributed by atoms with Gasteiger partial charge in [0.25, 0.3) is 0 Å². The van der Waals surface area contributed by atoms with Gasteiger partial charge in [0.15, 0.2) is 5.89 Å². The number of carbonyl (C=O) groups excluding carboxylic acids is 2. The first-order valence-corrected chi connectivity index (χ1v) is 17.2. The first-order valence-electron chi connectivity index (χ1n) is 17.2. The van der Waals surface area contributed by atoms with Gasteiger partial charge in [0, 0.05) is 36.7 Å². The minimum Gasteiger partial charge on any atom is -0.496 e. The number of hydrogen-bond donors (Lipinski definition) is 1. The van der Waals surface area contributed by atoms with Gasteiger partial charge in [-0.15, -0.1) is 0 Å². The van der Waals surface area contributed by atoms with Crippen LogP contribution in [0.3, 0.4) is 0 Å². The number of oxazole rings is 1. The van der Waals surface area contributed by atoms with E-state index in [9.17, 15) is 9.59 Å².